The van der Waals surface area contributed by atoms with Crippen LogP contribution in [0.1, 0.15) is 26.4 Å². The molecule has 0 saturated heterocycles. The van der Waals surface area contributed by atoms with Crippen molar-refractivity contribution in [1.82, 2.24) is 14.3 Å². The zero-order chi connectivity index (χ0) is 9.30. The van der Waals surface area contributed by atoms with Gasteiger partial charge in [0.15, 0.2) is 0 Å². The van der Waals surface area contributed by atoms with Crippen LogP contribution in [0.25, 0.3) is 0 Å². The Morgan fingerprint density at radius 2 is 2.08 bits per heavy atom. The molecule has 1 aromatic heterocycles. The molecule has 0 unspecified atom stereocenters. The summed E-state index contributed by atoms with van der Waals surface area (Å²) in [6.45, 7) is 0.579. The highest BCUT2D eigenvalue weighted by Crippen LogP contribution is 2.04. The van der Waals surface area contributed by atoms with E-state index in [9.17, 15) is 13.6 Å². The van der Waals surface area contributed by atoms with Crippen LogP contribution in [0.3, 0.4) is 0 Å². The van der Waals surface area contributed by atoms with Gasteiger partial charge in [-0.25, -0.2) is 4.79 Å². The average Bonchev–Trinajstić information content (AvgIpc) is 2.30. The topological polar surface area (TPSA) is 39.8 Å². The zero-order valence-corrected chi connectivity index (χ0v) is 6.74. The fourth-order valence-electron chi connectivity index (χ4n) is 0.816. The molecule has 0 aliphatic carbocycles. The molecule has 0 N–H and O–H groups in total. The first-order valence-electron chi connectivity index (χ1n) is 3.48. The molecule has 68 valence electrons. The fourth-order valence-corrected chi connectivity index (χ4v) is 0.816. The average molecular weight is 177 g/mol. The largest absolute Gasteiger partial charge is 0.350 e. The third-order valence-electron chi connectivity index (χ3n) is 1.46. The molecule has 6 heteroatoms. The summed E-state index contributed by atoms with van der Waals surface area (Å²) in [5.41, 5.74) is -0.778. The summed E-state index contributed by atoms with van der Waals surface area (Å²) >= 11 is 0. The van der Waals surface area contributed by atoms with E-state index < -0.39 is 12.2 Å². The predicted octanol–water partition coefficient (Wildman–Crippen LogP) is 1.02. The minimum Gasteiger partial charge on any atom is -0.279 e. The van der Waals surface area contributed by atoms with E-state index in [1.165, 1.54) is 0 Å². The number of nitrogens with zero attached hydrogens (tertiary/aromatic N) is 3. The van der Waals surface area contributed by atoms with Crippen molar-refractivity contribution in [2.24, 2.45) is 0 Å². The van der Waals surface area contributed by atoms with Crippen molar-refractivity contribution in [3.05, 3.63) is 16.8 Å². The van der Waals surface area contributed by atoms with Gasteiger partial charge < -0.3 is 0 Å². The second-order valence-electron chi connectivity index (χ2n) is 2.64. The number of aromatic nitrogens is 3. The summed E-state index contributed by atoms with van der Waals surface area (Å²) < 4.78 is 25.3. The SMILES string of the molecule is CC(C)n1cnn(C(F)F)c1=O. The molecule has 0 saturated carbocycles. The van der Waals surface area contributed by atoms with E-state index in [0.29, 0.717) is 0 Å². The Morgan fingerprint density at radius 1 is 1.50 bits per heavy atom. The Balaban J connectivity index is 3.14. The van der Waals surface area contributed by atoms with Crippen LogP contribution in [0.2, 0.25) is 0 Å². The number of halogens is 2. The molecule has 1 heterocycles. The first-order chi connectivity index (χ1) is 5.54. The van der Waals surface area contributed by atoms with E-state index >= 15 is 0 Å². The number of hydrogen-bond acceptors (Lipinski definition) is 2. The lowest BCUT2D eigenvalue weighted by atomic mass is 10.4. The van der Waals surface area contributed by atoms with Crippen LogP contribution in [0.4, 0.5) is 8.78 Å². The lowest BCUT2D eigenvalue weighted by molar-refractivity contribution is 0.0518. The van der Waals surface area contributed by atoms with E-state index in [1.54, 1.807) is 13.8 Å². The summed E-state index contributed by atoms with van der Waals surface area (Å²) in [5.74, 6) is 0. The molecule has 0 radical (unpaired) electrons. The summed E-state index contributed by atoms with van der Waals surface area (Å²) in [7, 11) is 0. The van der Waals surface area contributed by atoms with Crippen molar-refractivity contribution in [1.29, 1.82) is 0 Å². The first kappa shape index (κ1) is 8.89. The highest BCUT2D eigenvalue weighted by atomic mass is 19.3. The third kappa shape index (κ3) is 1.37. The Bertz CT molecular complexity index is 286. The van der Waals surface area contributed by atoms with Gasteiger partial charge >= 0.3 is 12.2 Å². The third-order valence-corrected chi connectivity index (χ3v) is 1.46. The fraction of sp³-hybridized carbons (Fsp3) is 0.667. The predicted molar refractivity (Wildman–Crippen MR) is 38.1 cm³/mol. The van der Waals surface area contributed by atoms with Gasteiger partial charge in [0, 0.05) is 6.04 Å². The zero-order valence-electron chi connectivity index (χ0n) is 6.74. The van der Waals surface area contributed by atoms with Gasteiger partial charge in [-0.15, -0.1) is 0 Å². The van der Waals surface area contributed by atoms with Crippen LogP contribution in [0, 0.1) is 0 Å². The minimum atomic E-state index is -2.86. The minimum absolute atomic E-state index is 0.148. The van der Waals surface area contributed by atoms with E-state index in [-0.39, 0.29) is 10.7 Å². The van der Waals surface area contributed by atoms with E-state index in [2.05, 4.69) is 5.10 Å². The van der Waals surface area contributed by atoms with Crippen molar-refractivity contribution in [3.63, 3.8) is 0 Å². The van der Waals surface area contributed by atoms with Crippen LogP contribution in [0.15, 0.2) is 11.1 Å². The van der Waals surface area contributed by atoms with Crippen molar-refractivity contribution >= 4 is 0 Å². The van der Waals surface area contributed by atoms with Gasteiger partial charge in [0.25, 0.3) is 0 Å². The summed E-state index contributed by atoms with van der Waals surface area (Å²) in [4.78, 5) is 11.0. The maximum atomic E-state index is 12.0. The van der Waals surface area contributed by atoms with Crippen molar-refractivity contribution in [2.75, 3.05) is 0 Å². The van der Waals surface area contributed by atoms with Crippen LogP contribution in [-0.2, 0) is 0 Å². The van der Waals surface area contributed by atoms with Gasteiger partial charge in [-0.05, 0) is 13.8 Å². The molecule has 12 heavy (non-hydrogen) atoms. The first-order valence-corrected chi connectivity index (χ1v) is 3.48. The van der Waals surface area contributed by atoms with Crippen LogP contribution in [0.5, 0.6) is 0 Å². The van der Waals surface area contributed by atoms with E-state index in [0.717, 1.165) is 10.9 Å². The highest BCUT2D eigenvalue weighted by molar-refractivity contribution is 4.71. The van der Waals surface area contributed by atoms with Gasteiger partial charge in [0.2, 0.25) is 0 Å². The number of rotatable bonds is 2. The molecule has 1 aromatic rings. The second-order valence-corrected chi connectivity index (χ2v) is 2.64. The quantitative estimate of drug-likeness (QED) is 0.676. The molecule has 0 spiro atoms. The van der Waals surface area contributed by atoms with E-state index in [1.807, 2.05) is 0 Å². The Labute approximate surface area is 67.4 Å². The molecule has 0 atom stereocenters. The highest BCUT2D eigenvalue weighted by Gasteiger charge is 2.13. The Morgan fingerprint density at radius 3 is 2.33 bits per heavy atom. The molecule has 0 aliphatic heterocycles. The van der Waals surface area contributed by atoms with Crippen LogP contribution in [-0.4, -0.2) is 14.3 Å². The molecule has 0 fully saturated rings. The molecule has 0 amide bonds. The van der Waals surface area contributed by atoms with Gasteiger partial charge in [-0.3, -0.25) is 4.57 Å². The second kappa shape index (κ2) is 3.04. The smallest absolute Gasteiger partial charge is 0.279 e. The molecular weight excluding hydrogens is 168 g/mol. The lowest BCUT2D eigenvalue weighted by Crippen LogP contribution is -2.26. The molecule has 1 rings (SSSR count). The van der Waals surface area contributed by atoms with Gasteiger partial charge in [0.05, 0.1) is 0 Å². The summed E-state index contributed by atoms with van der Waals surface area (Å²) in [6.07, 6.45) is 1.11. The molecule has 0 aliphatic rings. The standard InChI is InChI=1S/C6H9F2N3O/c1-4(2)10-3-9-11(5(7)8)6(10)12/h3-5H,1-2H3. The van der Waals surface area contributed by atoms with Crippen molar-refractivity contribution in [2.45, 2.75) is 26.4 Å². The van der Waals surface area contributed by atoms with E-state index in [4.69, 9.17) is 0 Å². The summed E-state index contributed by atoms with van der Waals surface area (Å²) in [6, 6.07) is -0.148. The number of hydrogen-bond donors (Lipinski definition) is 0. The normalized spacial score (nSPS) is 11.5. The maximum absolute atomic E-state index is 12.0. The van der Waals surface area contributed by atoms with Crippen LogP contribution < -0.4 is 5.69 Å². The van der Waals surface area contributed by atoms with Gasteiger partial charge in [-0.2, -0.15) is 18.6 Å². The molecule has 4 nitrogen and oxygen atoms in total. The van der Waals surface area contributed by atoms with Crippen molar-refractivity contribution < 1.29 is 8.78 Å². The Hall–Kier alpha value is -1.20. The Kier molecular flexibility index (Phi) is 2.25. The molecule has 0 aromatic carbocycles. The molecular formula is C6H9F2N3O. The summed E-state index contributed by atoms with van der Waals surface area (Å²) in [5, 5.41) is 3.25. The van der Waals surface area contributed by atoms with Crippen molar-refractivity contribution in [3.8, 4) is 0 Å². The molecule has 0 bridgehead atoms. The van der Waals surface area contributed by atoms with Gasteiger partial charge in [-0.1, -0.05) is 0 Å². The maximum Gasteiger partial charge on any atom is 0.350 e. The number of alkyl halides is 2. The van der Waals surface area contributed by atoms with Crippen LogP contribution >= 0.6 is 0 Å². The monoisotopic (exact) mass is 177 g/mol. The van der Waals surface area contributed by atoms with Gasteiger partial charge in [0.1, 0.15) is 6.33 Å². The lowest BCUT2D eigenvalue weighted by Gasteiger charge is -2.01.